The lowest BCUT2D eigenvalue weighted by Gasteiger charge is -2.08. The lowest BCUT2D eigenvalue weighted by Crippen LogP contribution is -2.17. The summed E-state index contributed by atoms with van der Waals surface area (Å²) >= 11 is 0.843. The van der Waals surface area contributed by atoms with Gasteiger partial charge in [-0.05, 0) is 60.5 Å². The fourth-order valence-electron chi connectivity index (χ4n) is 2.92. The van der Waals surface area contributed by atoms with Crippen LogP contribution in [0.2, 0.25) is 0 Å². The summed E-state index contributed by atoms with van der Waals surface area (Å²) in [6.07, 6.45) is 4.92. The number of phenolic OH excluding ortho intramolecular Hbond substituents is 1. The number of carbonyl (C=O) groups is 2. The van der Waals surface area contributed by atoms with Crippen LogP contribution in [0.4, 0.5) is 4.79 Å². The maximum Gasteiger partial charge on any atom is 0.290 e. The maximum atomic E-state index is 11.7. The third kappa shape index (κ3) is 2.76. The number of benzene rings is 1. The van der Waals surface area contributed by atoms with Gasteiger partial charge in [-0.2, -0.15) is 0 Å². The number of aryl methyl sites for hydroxylation is 2. The second-order valence-corrected chi connectivity index (χ2v) is 7.08. The summed E-state index contributed by atoms with van der Waals surface area (Å²) < 4.78 is 5.93. The molecular weight excluding hydrogens is 352 g/mol. The topological polar surface area (TPSA) is 92.4 Å². The Balaban J connectivity index is 1.83. The monoisotopic (exact) mass is 366 g/mol. The number of rotatable bonds is 2. The van der Waals surface area contributed by atoms with Crippen molar-refractivity contribution in [2.24, 2.45) is 0 Å². The smallest absolute Gasteiger partial charge is 0.290 e. The van der Waals surface area contributed by atoms with Crippen molar-refractivity contribution in [1.82, 2.24) is 10.3 Å². The molecule has 130 valence electrons. The molecule has 0 spiro atoms. The molecule has 2 aromatic heterocycles. The van der Waals surface area contributed by atoms with E-state index in [4.69, 9.17) is 4.42 Å². The molecule has 1 aliphatic heterocycles. The van der Waals surface area contributed by atoms with Gasteiger partial charge in [-0.15, -0.1) is 0 Å². The normalized spacial score (nSPS) is 15.8. The number of nitrogens with zero attached hydrogens (tertiary/aromatic N) is 1. The maximum absolute atomic E-state index is 11.7. The molecule has 4 rings (SSSR count). The number of fused-ring (bicyclic) bond motifs is 1. The average molecular weight is 366 g/mol. The molecule has 0 radical (unpaired) electrons. The minimum Gasteiger partial charge on any atom is -0.507 e. The van der Waals surface area contributed by atoms with Gasteiger partial charge in [-0.25, -0.2) is 0 Å². The summed E-state index contributed by atoms with van der Waals surface area (Å²) in [6.45, 7) is 3.68. The van der Waals surface area contributed by atoms with E-state index in [1.165, 1.54) is 0 Å². The number of carbonyl (C=O) groups excluding carboxylic acids is 2. The van der Waals surface area contributed by atoms with Gasteiger partial charge >= 0.3 is 0 Å². The fourth-order valence-corrected chi connectivity index (χ4v) is 3.58. The molecular formula is C19H14N2O4S. The van der Waals surface area contributed by atoms with E-state index in [2.05, 4.69) is 10.3 Å². The predicted molar refractivity (Wildman–Crippen MR) is 99.7 cm³/mol. The van der Waals surface area contributed by atoms with Gasteiger partial charge in [0.25, 0.3) is 11.1 Å². The van der Waals surface area contributed by atoms with Gasteiger partial charge in [0.15, 0.2) is 0 Å². The zero-order valence-electron chi connectivity index (χ0n) is 14.0. The number of thioether (sulfide) groups is 1. The van der Waals surface area contributed by atoms with Crippen molar-refractivity contribution in [3.63, 3.8) is 0 Å². The van der Waals surface area contributed by atoms with Gasteiger partial charge < -0.3 is 9.52 Å². The van der Waals surface area contributed by atoms with Crippen molar-refractivity contribution < 1.29 is 19.1 Å². The van der Waals surface area contributed by atoms with E-state index in [1.807, 2.05) is 26.0 Å². The van der Waals surface area contributed by atoms with Crippen molar-refractivity contribution >= 4 is 40.0 Å². The summed E-state index contributed by atoms with van der Waals surface area (Å²) in [4.78, 5) is 27.5. The molecule has 3 heterocycles. The van der Waals surface area contributed by atoms with Crippen LogP contribution in [-0.4, -0.2) is 21.2 Å². The molecule has 26 heavy (non-hydrogen) atoms. The molecule has 1 fully saturated rings. The van der Waals surface area contributed by atoms with Crippen LogP contribution in [0.5, 0.6) is 5.75 Å². The Bertz CT molecular complexity index is 1090. The molecule has 1 saturated heterocycles. The van der Waals surface area contributed by atoms with E-state index in [0.29, 0.717) is 16.2 Å². The SMILES string of the molecule is Cc1cc(-c2cncc3cc(/C=C4\SC(=O)NC4=O)oc23)cc(C)c1O. The van der Waals surface area contributed by atoms with Crippen LogP contribution in [-0.2, 0) is 4.79 Å². The molecule has 2 N–H and O–H groups in total. The van der Waals surface area contributed by atoms with Crippen LogP contribution in [0.3, 0.4) is 0 Å². The second-order valence-electron chi connectivity index (χ2n) is 6.07. The first-order valence-electron chi connectivity index (χ1n) is 7.85. The molecule has 0 saturated carbocycles. The summed E-state index contributed by atoms with van der Waals surface area (Å²) in [6, 6.07) is 5.52. The number of furan rings is 1. The fraction of sp³-hybridized carbons (Fsp3) is 0.105. The molecule has 0 bridgehead atoms. The minimum absolute atomic E-state index is 0.271. The highest BCUT2D eigenvalue weighted by atomic mass is 32.2. The van der Waals surface area contributed by atoms with Gasteiger partial charge in [-0.1, -0.05) is 0 Å². The largest absolute Gasteiger partial charge is 0.507 e. The van der Waals surface area contributed by atoms with E-state index in [0.717, 1.165) is 39.4 Å². The number of imide groups is 1. The molecule has 1 aromatic carbocycles. The van der Waals surface area contributed by atoms with Crippen LogP contribution in [0.15, 0.2) is 39.9 Å². The lowest BCUT2D eigenvalue weighted by atomic mass is 10.00. The van der Waals surface area contributed by atoms with Gasteiger partial charge in [0.05, 0.1) is 4.91 Å². The van der Waals surface area contributed by atoms with Crippen LogP contribution < -0.4 is 5.32 Å². The van der Waals surface area contributed by atoms with Gasteiger partial charge in [0.1, 0.15) is 17.1 Å². The Labute approximate surface area is 152 Å². The Kier molecular flexibility index (Phi) is 3.81. The third-order valence-electron chi connectivity index (χ3n) is 4.16. The van der Waals surface area contributed by atoms with Crippen molar-refractivity contribution in [2.45, 2.75) is 13.8 Å². The minimum atomic E-state index is -0.427. The average Bonchev–Trinajstić information content (AvgIpc) is 3.14. The summed E-state index contributed by atoms with van der Waals surface area (Å²) in [7, 11) is 0. The summed E-state index contributed by atoms with van der Waals surface area (Å²) in [5, 5.41) is 12.6. The standard InChI is InChI=1S/C19H14N2O4S/c1-9-3-11(4-10(2)16(9)22)14-8-20-7-12-5-13(25-17(12)14)6-15-18(23)21-19(24)26-15/h3-8,22H,1-2H3,(H,21,23,24)/b15-6-. The molecule has 3 aromatic rings. The molecule has 0 unspecified atom stereocenters. The third-order valence-corrected chi connectivity index (χ3v) is 4.97. The summed E-state index contributed by atoms with van der Waals surface area (Å²) in [5.41, 5.74) is 3.84. The van der Waals surface area contributed by atoms with Gasteiger partial charge in [-0.3, -0.25) is 19.9 Å². The number of amides is 2. The first kappa shape index (κ1) is 16.4. The molecule has 6 nitrogen and oxygen atoms in total. The molecule has 7 heteroatoms. The Hall–Kier alpha value is -3.06. The number of hydrogen-bond acceptors (Lipinski definition) is 6. The zero-order chi connectivity index (χ0) is 18.4. The number of nitrogens with one attached hydrogen (secondary N) is 1. The van der Waals surface area contributed by atoms with Crippen LogP contribution in [0.25, 0.3) is 28.2 Å². The van der Waals surface area contributed by atoms with E-state index in [-0.39, 0.29) is 5.75 Å². The van der Waals surface area contributed by atoms with Crippen molar-refractivity contribution in [2.75, 3.05) is 0 Å². The predicted octanol–water partition coefficient (Wildman–Crippen LogP) is 4.14. The number of aromatic hydroxyl groups is 1. The number of hydrogen-bond donors (Lipinski definition) is 2. The highest BCUT2D eigenvalue weighted by Gasteiger charge is 2.25. The molecule has 0 atom stereocenters. The summed E-state index contributed by atoms with van der Waals surface area (Å²) in [5.74, 6) is 0.310. The zero-order valence-corrected chi connectivity index (χ0v) is 14.8. The molecule has 2 amide bonds. The molecule has 1 aliphatic rings. The first-order valence-corrected chi connectivity index (χ1v) is 8.67. The lowest BCUT2D eigenvalue weighted by molar-refractivity contribution is -0.115. The van der Waals surface area contributed by atoms with Crippen molar-refractivity contribution in [3.05, 3.63) is 52.4 Å². The van der Waals surface area contributed by atoms with Gasteiger partial charge in [0, 0.05) is 29.4 Å². The first-order chi connectivity index (χ1) is 12.4. The second kappa shape index (κ2) is 6.03. The number of phenols is 1. The van der Waals surface area contributed by atoms with Crippen LogP contribution in [0.1, 0.15) is 16.9 Å². The quantitative estimate of drug-likeness (QED) is 0.662. The van der Waals surface area contributed by atoms with Gasteiger partial charge in [0.2, 0.25) is 0 Å². The van der Waals surface area contributed by atoms with Crippen LogP contribution >= 0.6 is 11.8 Å². The van der Waals surface area contributed by atoms with Crippen molar-refractivity contribution in [3.8, 4) is 16.9 Å². The van der Waals surface area contributed by atoms with E-state index < -0.39 is 11.1 Å². The highest BCUT2D eigenvalue weighted by Crippen LogP contribution is 2.35. The van der Waals surface area contributed by atoms with Crippen LogP contribution in [0, 0.1) is 13.8 Å². The number of pyridine rings is 1. The van der Waals surface area contributed by atoms with E-state index in [9.17, 15) is 14.7 Å². The number of aromatic nitrogens is 1. The highest BCUT2D eigenvalue weighted by molar-refractivity contribution is 8.18. The molecule has 0 aliphatic carbocycles. The Morgan fingerprint density at radius 2 is 1.88 bits per heavy atom. The Morgan fingerprint density at radius 3 is 2.54 bits per heavy atom. The van der Waals surface area contributed by atoms with E-state index >= 15 is 0 Å². The van der Waals surface area contributed by atoms with Crippen molar-refractivity contribution in [1.29, 1.82) is 0 Å². The Morgan fingerprint density at radius 1 is 1.15 bits per heavy atom. The van der Waals surface area contributed by atoms with E-state index in [1.54, 1.807) is 24.5 Å².